The molecule has 0 amide bonds. The maximum absolute atomic E-state index is 12.7. The summed E-state index contributed by atoms with van der Waals surface area (Å²) in [6.45, 7) is 6.39. The first-order valence-corrected chi connectivity index (χ1v) is 8.72. The van der Waals surface area contributed by atoms with E-state index in [1.165, 1.54) is 0 Å². The minimum atomic E-state index is -3.36. The van der Waals surface area contributed by atoms with Gasteiger partial charge in [-0.05, 0) is 37.4 Å². The summed E-state index contributed by atoms with van der Waals surface area (Å²) >= 11 is 0. The molecular weight excluding hydrogens is 272 g/mol. The van der Waals surface area contributed by atoms with Crippen LogP contribution in [-0.2, 0) is 10.0 Å². The Balaban J connectivity index is 2.17. The molecule has 1 heterocycles. The standard InChI is InChI=1S/C15H24N2O2S/c1-13(2)11-14-12-17(10-6-9-16-14)20(18,19)15-7-4-3-5-8-15/h3-5,7-8,13-14,16H,6,9-12H2,1-2H3. The Bertz CT molecular complexity index is 514. The predicted octanol–water partition coefficient (Wildman–Crippen LogP) is 2.09. The zero-order valence-corrected chi connectivity index (χ0v) is 13.1. The molecule has 2 rings (SSSR count). The number of nitrogens with one attached hydrogen (secondary N) is 1. The minimum Gasteiger partial charge on any atom is -0.313 e. The average molecular weight is 296 g/mol. The number of sulfonamides is 1. The van der Waals surface area contributed by atoms with Crippen molar-refractivity contribution in [3.05, 3.63) is 30.3 Å². The largest absolute Gasteiger partial charge is 0.313 e. The lowest BCUT2D eigenvalue weighted by Crippen LogP contribution is -2.41. The minimum absolute atomic E-state index is 0.246. The number of hydrogen-bond donors (Lipinski definition) is 1. The topological polar surface area (TPSA) is 49.4 Å². The first kappa shape index (κ1) is 15.5. The first-order valence-electron chi connectivity index (χ1n) is 7.28. The molecule has 1 aromatic carbocycles. The Hall–Kier alpha value is -0.910. The Labute approximate surface area is 122 Å². The maximum atomic E-state index is 12.7. The average Bonchev–Trinajstić information content (AvgIpc) is 2.65. The maximum Gasteiger partial charge on any atom is 0.243 e. The van der Waals surface area contributed by atoms with Crippen LogP contribution in [0.15, 0.2) is 35.2 Å². The van der Waals surface area contributed by atoms with Crippen molar-refractivity contribution in [3.8, 4) is 0 Å². The van der Waals surface area contributed by atoms with Crippen LogP contribution >= 0.6 is 0 Å². The van der Waals surface area contributed by atoms with Crippen LogP contribution in [-0.4, -0.2) is 38.4 Å². The number of benzene rings is 1. The second-order valence-electron chi connectivity index (χ2n) is 5.81. The van der Waals surface area contributed by atoms with Crippen LogP contribution in [0.5, 0.6) is 0 Å². The van der Waals surface area contributed by atoms with Crippen molar-refractivity contribution in [1.82, 2.24) is 9.62 Å². The SMILES string of the molecule is CC(C)CC1CN(S(=O)(=O)c2ccccc2)CCCN1. The lowest BCUT2D eigenvalue weighted by molar-refractivity contribution is 0.358. The summed E-state index contributed by atoms with van der Waals surface area (Å²) in [4.78, 5) is 0.394. The highest BCUT2D eigenvalue weighted by molar-refractivity contribution is 7.89. The van der Waals surface area contributed by atoms with Gasteiger partial charge in [0, 0.05) is 19.1 Å². The van der Waals surface area contributed by atoms with Gasteiger partial charge in [-0.15, -0.1) is 0 Å². The molecule has 0 spiro atoms. The molecule has 0 aromatic heterocycles. The normalized spacial score (nSPS) is 21.9. The predicted molar refractivity (Wildman–Crippen MR) is 81.1 cm³/mol. The molecule has 1 unspecified atom stereocenters. The third-order valence-electron chi connectivity index (χ3n) is 3.58. The van der Waals surface area contributed by atoms with Crippen molar-refractivity contribution in [2.45, 2.75) is 37.6 Å². The summed E-state index contributed by atoms with van der Waals surface area (Å²) in [7, 11) is -3.36. The quantitative estimate of drug-likeness (QED) is 0.925. The molecule has 0 radical (unpaired) electrons. The zero-order chi connectivity index (χ0) is 14.6. The van der Waals surface area contributed by atoms with Gasteiger partial charge in [-0.1, -0.05) is 32.0 Å². The molecule has 112 valence electrons. The number of hydrogen-bond acceptors (Lipinski definition) is 3. The van der Waals surface area contributed by atoms with E-state index >= 15 is 0 Å². The van der Waals surface area contributed by atoms with E-state index in [1.54, 1.807) is 28.6 Å². The van der Waals surface area contributed by atoms with E-state index in [-0.39, 0.29) is 6.04 Å². The first-order chi connectivity index (χ1) is 9.50. The summed E-state index contributed by atoms with van der Waals surface area (Å²) in [5.74, 6) is 0.562. The van der Waals surface area contributed by atoms with Gasteiger partial charge >= 0.3 is 0 Å². The van der Waals surface area contributed by atoms with Crippen LogP contribution in [0.4, 0.5) is 0 Å². The van der Waals surface area contributed by atoms with Gasteiger partial charge in [-0.2, -0.15) is 4.31 Å². The molecule has 1 atom stereocenters. The molecule has 0 saturated carbocycles. The third-order valence-corrected chi connectivity index (χ3v) is 5.46. The highest BCUT2D eigenvalue weighted by atomic mass is 32.2. The fourth-order valence-corrected chi connectivity index (χ4v) is 4.19. The van der Waals surface area contributed by atoms with E-state index in [4.69, 9.17) is 0 Å². The molecule has 1 saturated heterocycles. The summed E-state index contributed by atoms with van der Waals surface area (Å²) in [6.07, 6.45) is 1.86. The van der Waals surface area contributed by atoms with Gasteiger partial charge in [0.1, 0.15) is 0 Å². The van der Waals surface area contributed by atoms with E-state index in [9.17, 15) is 8.42 Å². The van der Waals surface area contributed by atoms with Crippen molar-refractivity contribution in [3.63, 3.8) is 0 Å². The van der Waals surface area contributed by atoms with Crippen LogP contribution < -0.4 is 5.32 Å². The molecule has 20 heavy (non-hydrogen) atoms. The van der Waals surface area contributed by atoms with Crippen molar-refractivity contribution in [2.24, 2.45) is 5.92 Å². The van der Waals surface area contributed by atoms with E-state index < -0.39 is 10.0 Å². The van der Waals surface area contributed by atoms with Crippen LogP contribution in [0.1, 0.15) is 26.7 Å². The number of nitrogens with zero attached hydrogens (tertiary/aromatic N) is 1. The van der Waals surface area contributed by atoms with E-state index in [1.807, 2.05) is 6.07 Å². The molecule has 1 fully saturated rings. The third kappa shape index (κ3) is 3.81. The fraction of sp³-hybridized carbons (Fsp3) is 0.600. The van der Waals surface area contributed by atoms with Gasteiger partial charge in [-0.25, -0.2) is 8.42 Å². The summed E-state index contributed by atoms with van der Waals surface area (Å²) in [5, 5.41) is 3.46. The highest BCUT2D eigenvalue weighted by Crippen LogP contribution is 2.19. The summed E-state index contributed by atoms with van der Waals surface area (Å²) in [5.41, 5.74) is 0. The lowest BCUT2D eigenvalue weighted by Gasteiger charge is -2.25. The molecule has 4 nitrogen and oxygen atoms in total. The van der Waals surface area contributed by atoms with Crippen LogP contribution in [0.25, 0.3) is 0 Å². The fourth-order valence-electron chi connectivity index (χ4n) is 2.65. The van der Waals surface area contributed by atoms with E-state index in [0.29, 0.717) is 23.9 Å². The van der Waals surface area contributed by atoms with Crippen molar-refractivity contribution in [1.29, 1.82) is 0 Å². The Morgan fingerprint density at radius 1 is 1.30 bits per heavy atom. The molecular formula is C15H24N2O2S. The van der Waals surface area contributed by atoms with Gasteiger partial charge in [0.15, 0.2) is 0 Å². The Morgan fingerprint density at radius 2 is 2.00 bits per heavy atom. The van der Waals surface area contributed by atoms with Crippen molar-refractivity contribution < 1.29 is 8.42 Å². The molecule has 1 aromatic rings. The van der Waals surface area contributed by atoms with Gasteiger partial charge in [0.05, 0.1) is 4.90 Å². The van der Waals surface area contributed by atoms with E-state index in [2.05, 4.69) is 19.2 Å². The number of rotatable bonds is 4. The monoisotopic (exact) mass is 296 g/mol. The zero-order valence-electron chi connectivity index (χ0n) is 12.2. The van der Waals surface area contributed by atoms with Gasteiger partial charge in [0.2, 0.25) is 10.0 Å². The Morgan fingerprint density at radius 3 is 2.65 bits per heavy atom. The summed E-state index contributed by atoms with van der Waals surface area (Å²) in [6, 6.07) is 8.97. The highest BCUT2D eigenvalue weighted by Gasteiger charge is 2.28. The second-order valence-corrected chi connectivity index (χ2v) is 7.75. The van der Waals surface area contributed by atoms with Gasteiger partial charge in [0.25, 0.3) is 0 Å². The molecule has 1 aliphatic heterocycles. The molecule has 0 aliphatic carbocycles. The van der Waals surface area contributed by atoms with Gasteiger partial charge in [-0.3, -0.25) is 0 Å². The Kier molecular flexibility index (Phi) is 5.18. The second kappa shape index (κ2) is 6.70. The van der Waals surface area contributed by atoms with Crippen molar-refractivity contribution >= 4 is 10.0 Å². The van der Waals surface area contributed by atoms with Crippen LogP contribution in [0, 0.1) is 5.92 Å². The smallest absolute Gasteiger partial charge is 0.243 e. The molecule has 5 heteroatoms. The lowest BCUT2D eigenvalue weighted by atomic mass is 10.0. The van der Waals surface area contributed by atoms with Crippen LogP contribution in [0.3, 0.4) is 0 Å². The summed E-state index contributed by atoms with van der Waals surface area (Å²) < 4.78 is 27.0. The van der Waals surface area contributed by atoms with Crippen LogP contribution in [0.2, 0.25) is 0 Å². The van der Waals surface area contributed by atoms with E-state index in [0.717, 1.165) is 19.4 Å². The van der Waals surface area contributed by atoms with Gasteiger partial charge < -0.3 is 5.32 Å². The molecule has 1 N–H and O–H groups in total. The molecule has 1 aliphatic rings. The van der Waals surface area contributed by atoms with Crippen molar-refractivity contribution in [2.75, 3.05) is 19.6 Å². The molecule has 0 bridgehead atoms.